The van der Waals surface area contributed by atoms with Crippen molar-refractivity contribution in [2.75, 3.05) is 0 Å². The van der Waals surface area contributed by atoms with E-state index < -0.39 is 0 Å². The molecule has 0 spiro atoms. The monoisotopic (exact) mass is 298 g/mol. The number of phenolic OH excluding ortho intramolecular Hbond substituents is 2. The average Bonchev–Trinajstić information content (AvgIpc) is 2.41. The SMILES string of the molecule is Cc1cc(CC(C)(C)c2cc(C)c(O)c(C)c2)cc(C)c1O. The number of rotatable bonds is 3. The van der Waals surface area contributed by atoms with Crippen molar-refractivity contribution in [3.05, 3.63) is 57.6 Å². The first-order chi connectivity index (χ1) is 10.1. The van der Waals surface area contributed by atoms with Gasteiger partial charge in [0.25, 0.3) is 0 Å². The first-order valence-corrected chi connectivity index (χ1v) is 7.71. The predicted octanol–water partition coefficient (Wildman–Crippen LogP) is 4.85. The minimum atomic E-state index is -0.0426. The Morgan fingerprint density at radius 2 is 1.09 bits per heavy atom. The molecule has 0 unspecified atom stereocenters. The van der Waals surface area contributed by atoms with Gasteiger partial charge in [-0.2, -0.15) is 0 Å². The molecule has 0 atom stereocenters. The Hall–Kier alpha value is -1.96. The number of hydrogen-bond donors (Lipinski definition) is 2. The molecule has 0 aliphatic rings. The fourth-order valence-corrected chi connectivity index (χ4v) is 3.11. The molecule has 0 fully saturated rings. The van der Waals surface area contributed by atoms with Gasteiger partial charge in [0.2, 0.25) is 0 Å². The van der Waals surface area contributed by atoms with E-state index in [0.717, 1.165) is 28.7 Å². The lowest BCUT2D eigenvalue weighted by Crippen LogP contribution is -2.21. The van der Waals surface area contributed by atoms with Crippen LogP contribution in [-0.2, 0) is 11.8 Å². The van der Waals surface area contributed by atoms with Crippen molar-refractivity contribution in [2.24, 2.45) is 0 Å². The molecule has 2 N–H and O–H groups in total. The number of benzene rings is 2. The Balaban J connectivity index is 2.39. The second-order valence-electron chi connectivity index (χ2n) is 7.10. The maximum Gasteiger partial charge on any atom is 0.121 e. The summed E-state index contributed by atoms with van der Waals surface area (Å²) in [5.74, 6) is 0.772. The van der Waals surface area contributed by atoms with Crippen LogP contribution < -0.4 is 0 Å². The number of aromatic hydroxyl groups is 2. The molecule has 22 heavy (non-hydrogen) atoms. The number of phenols is 2. The van der Waals surface area contributed by atoms with Gasteiger partial charge < -0.3 is 10.2 Å². The van der Waals surface area contributed by atoms with Crippen LogP contribution in [-0.4, -0.2) is 10.2 Å². The molecule has 0 heterocycles. The number of hydrogen-bond acceptors (Lipinski definition) is 2. The van der Waals surface area contributed by atoms with Crippen LogP contribution in [0.1, 0.15) is 47.2 Å². The largest absolute Gasteiger partial charge is 0.507 e. The molecule has 0 radical (unpaired) electrons. The fraction of sp³-hybridized carbons (Fsp3) is 0.400. The standard InChI is InChI=1S/C20H26O2/c1-12-7-16(8-13(2)18(12)21)11-20(5,6)17-9-14(3)19(22)15(4)10-17/h7-10,21-22H,11H2,1-6H3. The van der Waals surface area contributed by atoms with Crippen LogP contribution >= 0.6 is 0 Å². The topological polar surface area (TPSA) is 40.5 Å². The third-order valence-electron chi connectivity index (χ3n) is 4.47. The highest BCUT2D eigenvalue weighted by Crippen LogP contribution is 2.34. The lowest BCUT2D eigenvalue weighted by atomic mass is 9.77. The maximum absolute atomic E-state index is 9.96. The molecule has 2 aromatic rings. The normalized spacial score (nSPS) is 11.7. The van der Waals surface area contributed by atoms with E-state index in [1.165, 1.54) is 11.1 Å². The van der Waals surface area contributed by atoms with Crippen molar-refractivity contribution < 1.29 is 10.2 Å². The molecule has 0 bridgehead atoms. The quantitative estimate of drug-likeness (QED) is 0.850. The summed E-state index contributed by atoms with van der Waals surface area (Å²) in [6.07, 6.45) is 0.888. The summed E-state index contributed by atoms with van der Waals surface area (Å²) in [4.78, 5) is 0. The van der Waals surface area contributed by atoms with Gasteiger partial charge in [0.1, 0.15) is 11.5 Å². The molecule has 2 aromatic carbocycles. The van der Waals surface area contributed by atoms with Crippen LogP contribution in [0.4, 0.5) is 0 Å². The second kappa shape index (κ2) is 5.68. The van der Waals surface area contributed by atoms with E-state index in [9.17, 15) is 10.2 Å². The van der Waals surface area contributed by atoms with E-state index in [-0.39, 0.29) is 5.41 Å². The van der Waals surface area contributed by atoms with Crippen LogP contribution in [0, 0.1) is 27.7 Å². The Morgan fingerprint density at radius 3 is 1.50 bits per heavy atom. The zero-order valence-electron chi connectivity index (χ0n) is 14.4. The molecular formula is C20H26O2. The van der Waals surface area contributed by atoms with Crippen molar-refractivity contribution in [3.63, 3.8) is 0 Å². The minimum absolute atomic E-state index is 0.0426. The lowest BCUT2D eigenvalue weighted by molar-refractivity contribution is 0.462. The molecule has 2 rings (SSSR count). The van der Waals surface area contributed by atoms with E-state index in [0.29, 0.717) is 11.5 Å². The Labute approximate surface area is 133 Å². The van der Waals surface area contributed by atoms with Crippen LogP contribution in [0.15, 0.2) is 24.3 Å². The third kappa shape index (κ3) is 3.11. The Bertz CT molecular complexity index is 666. The first kappa shape index (κ1) is 16.4. The highest BCUT2D eigenvalue weighted by atomic mass is 16.3. The summed E-state index contributed by atoms with van der Waals surface area (Å²) in [6.45, 7) is 12.2. The molecule has 0 aromatic heterocycles. The molecule has 2 nitrogen and oxygen atoms in total. The summed E-state index contributed by atoms with van der Waals surface area (Å²) in [6, 6.07) is 8.26. The summed E-state index contributed by atoms with van der Waals surface area (Å²) < 4.78 is 0. The second-order valence-corrected chi connectivity index (χ2v) is 7.10. The van der Waals surface area contributed by atoms with E-state index in [1.807, 2.05) is 27.7 Å². The molecule has 2 heteroatoms. The van der Waals surface area contributed by atoms with Crippen molar-refractivity contribution >= 4 is 0 Å². The molecule has 0 saturated heterocycles. The summed E-state index contributed by atoms with van der Waals surface area (Å²) in [7, 11) is 0. The Kier molecular flexibility index (Phi) is 4.23. The van der Waals surface area contributed by atoms with E-state index in [1.54, 1.807) is 0 Å². The van der Waals surface area contributed by atoms with Gasteiger partial charge in [0.05, 0.1) is 0 Å². The van der Waals surface area contributed by atoms with Gasteiger partial charge in [0, 0.05) is 0 Å². The summed E-state index contributed by atoms with van der Waals surface area (Å²) in [5.41, 5.74) is 6.08. The molecule has 0 saturated carbocycles. The van der Waals surface area contributed by atoms with Gasteiger partial charge in [-0.15, -0.1) is 0 Å². The average molecular weight is 298 g/mol. The van der Waals surface area contributed by atoms with Crippen LogP contribution in [0.2, 0.25) is 0 Å². The van der Waals surface area contributed by atoms with E-state index >= 15 is 0 Å². The molecule has 0 aliphatic carbocycles. The highest BCUT2D eigenvalue weighted by molar-refractivity contribution is 5.46. The molecule has 0 aliphatic heterocycles. The minimum Gasteiger partial charge on any atom is -0.507 e. The highest BCUT2D eigenvalue weighted by Gasteiger charge is 2.23. The smallest absolute Gasteiger partial charge is 0.121 e. The van der Waals surface area contributed by atoms with Gasteiger partial charge in [-0.1, -0.05) is 38.1 Å². The van der Waals surface area contributed by atoms with Crippen molar-refractivity contribution in [1.82, 2.24) is 0 Å². The predicted molar refractivity (Wildman–Crippen MR) is 91.9 cm³/mol. The summed E-state index contributed by atoms with van der Waals surface area (Å²) in [5, 5.41) is 19.9. The summed E-state index contributed by atoms with van der Waals surface area (Å²) >= 11 is 0. The molecular weight excluding hydrogens is 272 g/mol. The Morgan fingerprint density at radius 1 is 0.727 bits per heavy atom. The van der Waals surface area contributed by atoms with Gasteiger partial charge in [-0.3, -0.25) is 0 Å². The van der Waals surface area contributed by atoms with E-state index in [2.05, 4.69) is 38.1 Å². The van der Waals surface area contributed by atoms with Gasteiger partial charge in [-0.25, -0.2) is 0 Å². The zero-order chi connectivity index (χ0) is 16.7. The molecule has 118 valence electrons. The van der Waals surface area contributed by atoms with Gasteiger partial charge in [-0.05, 0) is 72.9 Å². The van der Waals surface area contributed by atoms with Crippen molar-refractivity contribution in [1.29, 1.82) is 0 Å². The first-order valence-electron chi connectivity index (χ1n) is 7.71. The lowest BCUT2D eigenvalue weighted by Gasteiger charge is -2.27. The van der Waals surface area contributed by atoms with Crippen LogP contribution in [0.25, 0.3) is 0 Å². The van der Waals surface area contributed by atoms with E-state index in [4.69, 9.17) is 0 Å². The van der Waals surface area contributed by atoms with Crippen molar-refractivity contribution in [2.45, 2.75) is 53.4 Å². The fourth-order valence-electron chi connectivity index (χ4n) is 3.11. The molecule has 0 amide bonds. The van der Waals surface area contributed by atoms with Crippen LogP contribution in [0.5, 0.6) is 11.5 Å². The maximum atomic E-state index is 9.96. The zero-order valence-corrected chi connectivity index (χ0v) is 14.4. The van der Waals surface area contributed by atoms with Gasteiger partial charge >= 0.3 is 0 Å². The van der Waals surface area contributed by atoms with Crippen molar-refractivity contribution in [3.8, 4) is 11.5 Å². The van der Waals surface area contributed by atoms with Crippen LogP contribution in [0.3, 0.4) is 0 Å². The third-order valence-corrected chi connectivity index (χ3v) is 4.47. The number of aryl methyl sites for hydroxylation is 4. The van der Waals surface area contributed by atoms with Gasteiger partial charge in [0.15, 0.2) is 0 Å².